The molecule has 3 aromatic rings. The Balaban J connectivity index is 1.91. The van der Waals surface area contributed by atoms with Crippen molar-refractivity contribution in [2.75, 3.05) is 11.9 Å². The van der Waals surface area contributed by atoms with Crippen LogP contribution < -0.4 is 5.32 Å². The second-order valence-electron chi connectivity index (χ2n) is 5.66. The molecule has 3 nitrogen and oxygen atoms in total. The van der Waals surface area contributed by atoms with Gasteiger partial charge in [-0.05, 0) is 43.2 Å². The first kappa shape index (κ1) is 14.8. The van der Waals surface area contributed by atoms with Crippen LogP contribution in [0.5, 0.6) is 0 Å². The van der Waals surface area contributed by atoms with Crippen molar-refractivity contribution in [2.24, 2.45) is 0 Å². The van der Waals surface area contributed by atoms with Crippen molar-refractivity contribution in [1.29, 1.82) is 0 Å². The fraction of sp³-hybridized carbons (Fsp3) is 0.167. The highest BCUT2D eigenvalue weighted by Gasteiger charge is 2.24. The minimum absolute atomic E-state index is 0.759. The zero-order chi connectivity index (χ0) is 16.0. The van der Waals surface area contributed by atoms with Crippen molar-refractivity contribution >= 4 is 33.3 Å². The summed E-state index contributed by atoms with van der Waals surface area (Å²) in [4.78, 5) is 0. The zero-order valence-corrected chi connectivity index (χ0v) is 14.9. The van der Waals surface area contributed by atoms with Gasteiger partial charge in [0.25, 0.3) is 0 Å². The molecule has 1 aliphatic rings. The highest BCUT2D eigenvalue weighted by atomic mass is 79.9. The average molecular weight is 389 g/mol. The van der Waals surface area contributed by atoms with E-state index < -0.39 is 0 Å². The van der Waals surface area contributed by atoms with Crippen molar-refractivity contribution in [2.45, 2.75) is 13.3 Å². The first-order valence-electron chi connectivity index (χ1n) is 7.52. The molecular weight excluding hydrogens is 374 g/mol. The Hall–Kier alpha value is -1.78. The molecule has 0 saturated heterocycles. The number of fused-ring (bicyclic) bond motifs is 1. The van der Waals surface area contributed by atoms with Crippen LogP contribution in [0.3, 0.4) is 0 Å². The molecule has 0 atom stereocenters. The Kier molecular flexibility index (Phi) is 3.66. The lowest BCUT2D eigenvalue weighted by Crippen LogP contribution is -2.05. The fourth-order valence-electron chi connectivity index (χ4n) is 3.01. The Morgan fingerprint density at radius 1 is 1.17 bits per heavy atom. The molecule has 23 heavy (non-hydrogen) atoms. The van der Waals surface area contributed by atoms with E-state index in [-0.39, 0.29) is 0 Å². The van der Waals surface area contributed by atoms with Gasteiger partial charge in [-0.2, -0.15) is 5.10 Å². The molecule has 0 unspecified atom stereocenters. The largest absolute Gasteiger partial charge is 0.369 e. The zero-order valence-electron chi connectivity index (χ0n) is 12.6. The maximum absolute atomic E-state index is 6.29. The fourth-order valence-corrected chi connectivity index (χ4v) is 3.45. The number of benzene rings is 2. The number of nitrogens with zero attached hydrogens (tertiary/aromatic N) is 2. The molecule has 0 radical (unpaired) electrons. The van der Waals surface area contributed by atoms with Gasteiger partial charge in [-0.1, -0.05) is 45.7 Å². The van der Waals surface area contributed by atoms with Crippen LogP contribution in [0.15, 0.2) is 46.9 Å². The number of hydrogen-bond donors (Lipinski definition) is 1. The van der Waals surface area contributed by atoms with Gasteiger partial charge in [-0.25, -0.2) is 4.68 Å². The number of hydrogen-bond acceptors (Lipinski definition) is 2. The molecule has 0 aliphatic carbocycles. The molecule has 1 N–H and O–H groups in total. The highest BCUT2D eigenvalue weighted by molar-refractivity contribution is 9.10. The lowest BCUT2D eigenvalue weighted by molar-refractivity contribution is 0.875. The molecule has 0 amide bonds. The molecule has 0 fully saturated rings. The molecule has 4 rings (SSSR count). The van der Waals surface area contributed by atoms with Gasteiger partial charge >= 0.3 is 0 Å². The normalized spacial score (nSPS) is 13.0. The number of aromatic nitrogens is 2. The van der Waals surface area contributed by atoms with Crippen molar-refractivity contribution in [3.63, 3.8) is 0 Å². The Morgan fingerprint density at radius 2 is 1.96 bits per heavy atom. The quantitative estimate of drug-likeness (QED) is 0.651. The Morgan fingerprint density at radius 3 is 2.74 bits per heavy atom. The standard InChI is InChI=1S/C18H15BrClN3/c1-11-15(20)3-2-4-16(11)23-18-14(9-10-21-18)17(22-23)12-5-7-13(19)8-6-12/h2-8,21H,9-10H2,1H3. The summed E-state index contributed by atoms with van der Waals surface area (Å²) in [5, 5.41) is 9.11. The van der Waals surface area contributed by atoms with Crippen LogP contribution >= 0.6 is 27.5 Å². The summed E-state index contributed by atoms with van der Waals surface area (Å²) >= 11 is 9.78. The summed E-state index contributed by atoms with van der Waals surface area (Å²) in [5.41, 5.74) is 5.50. The van der Waals surface area contributed by atoms with Crippen LogP contribution in [0, 0.1) is 6.92 Å². The van der Waals surface area contributed by atoms with E-state index in [0.717, 1.165) is 50.8 Å². The molecule has 1 aromatic heterocycles. The van der Waals surface area contributed by atoms with Crippen LogP contribution in [-0.4, -0.2) is 16.3 Å². The van der Waals surface area contributed by atoms with Gasteiger partial charge in [0.05, 0.1) is 11.4 Å². The number of halogens is 2. The van der Waals surface area contributed by atoms with E-state index in [9.17, 15) is 0 Å². The monoisotopic (exact) mass is 387 g/mol. The van der Waals surface area contributed by atoms with Crippen LogP contribution in [0.4, 0.5) is 5.82 Å². The average Bonchev–Trinajstić information content (AvgIpc) is 3.14. The summed E-state index contributed by atoms with van der Waals surface area (Å²) in [7, 11) is 0. The lowest BCUT2D eigenvalue weighted by atomic mass is 10.1. The van der Waals surface area contributed by atoms with Crippen molar-refractivity contribution in [3.05, 3.63) is 63.1 Å². The first-order valence-corrected chi connectivity index (χ1v) is 8.69. The van der Waals surface area contributed by atoms with E-state index in [0.29, 0.717) is 0 Å². The molecule has 116 valence electrons. The van der Waals surface area contributed by atoms with Gasteiger partial charge in [0.1, 0.15) is 5.82 Å². The SMILES string of the molecule is Cc1c(Cl)cccc1-n1nc(-c2ccc(Br)cc2)c2c1NCC2. The summed E-state index contributed by atoms with van der Waals surface area (Å²) in [6.45, 7) is 2.97. The number of rotatable bonds is 2. The van der Waals surface area contributed by atoms with E-state index >= 15 is 0 Å². The van der Waals surface area contributed by atoms with Crippen LogP contribution in [0.25, 0.3) is 16.9 Å². The minimum Gasteiger partial charge on any atom is -0.369 e. The summed E-state index contributed by atoms with van der Waals surface area (Å²) < 4.78 is 3.06. The molecule has 2 heterocycles. The molecule has 0 spiro atoms. The van der Waals surface area contributed by atoms with Gasteiger partial charge in [-0.3, -0.25) is 0 Å². The highest BCUT2D eigenvalue weighted by Crippen LogP contribution is 2.36. The van der Waals surface area contributed by atoms with Gasteiger partial charge in [-0.15, -0.1) is 0 Å². The first-order chi connectivity index (χ1) is 11.1. The van der Waals surface area contributed by atoms with E-state index in [1.807, 2.05) is 35.9 Å². The maximum atomic E-state index is 6.29. The van der Waals surface area contributed by atoms with Crippen LogP contribution in [0.1, 0.15) is 11.1 Å². The molecule has 2 aromatic carbocycles. The Labute approximate surface area is 148 Å². The van der Waals surface area contributed by atoms with Crippen molar-refractivity contribution in [3.8, 4) is 16.9 Å². The van der Waals surface area contributed by atoms with E-state index in [1.165, 1.54) is 5.56 Å². The second kappa shape index (κ2) is 5.69. The second-order valence-corrected chi connectivity index (χ2v) is 6.98. The van der Waals surface area contributed by atoms with Crippen molar-refractivity contribution < 1.29 is 0 Å². The van der Waals surface area contributed by atoms with Crippen molar-refractivity contribution in [1.82, 2.24) is 9.78 Å². The van der Waals surface area contributed by atoms with Crippen LogP contribution in [0.2, 0.25) is 5.02 Å². The predicted octanol–water partition coefficient (Wildman–Crippen LogP) is 5.23. The number of anilines is 1. The molecular formula is C18H15BrClN3. The minimum atomic E-state index is 0.759. The third-order valence-electron chi connectivity index (χ3n) is 4.24. The number of nitrogens with one attached hydrogen (secondary N) is 1. The molecule has 5 heteroatoms. The van der Waals surface area contributed by atoms with E-state index in [1.54, 1.807) is 0 Å². The molecule has 0 saturated carbocycles. The van der Waals surface area contributed by atoms with Gasteiger partial charge < -0.3 is 5.32 Å². The third-order valence-corrected chi connectivity index (χ3v) is 5.17. The van der Waals surface area contributed by atoms with E-state index in [4.69, 9.17) is 16.7 Å². The summed E-state index contributed by atoms with van der Waals surface area (Å²) in [6.07, 6.45) is 0.986. The smallest absolute Gasteiger partial charge is 0.133 e. The summed E-state index contributed by atoms with van der Waals surface area (Å²) in [5.74, 6) is 1.08. The van der Waals surface area contributed by atoms with Gasteiger partial charge in [0, 0.05) is 27.2 Å². The Bertz CT molecular complexity index is 884. The summed E-state index contributed by atoms with van der Waals surface area (Å²) in [6, 6.07) is 14.2. The molecule has 0 bridgehead atoms. The van der Waals surface area contributed by atoms with Crippen LogP contribution in [-0.2, 0) is 6.42 Å². The maximum Gasteiger partial charge on any atom is 0.133 e. The lowest BCUT2D eigenvalue weighted by Gasteiger charge is -2.10. The van der Waals surface area contributed by atoms with Gasteiger partial charge in [0.15, 0.2) is 0 Å². The van der Waals surface area contributed by atoms with E-state index in [2.05, 4.69) is 39.4 Å². The molecule has 1 aliphatic heterocycles. The third kappa shape index (κ3) is 2.46. The predicted molar refractivity (Wildman–Crippen MR) is 98.6 cm³/mol. The topological polar surface area (TPSA) is 29.9 Å². The van der Waals surface area contributed by atoms with Gasteiger partial charge in [0.2, 0.25) is 0 Å².